The number of tetrazole rings is 1. The summed E-state index contributed by atoms with van der Waals surface area (Å²) in [6.45, 7) is 0.643. The molecule has 1 fully saturated rings. The van der Waals surface area contributed by atoms with Crippen molar-refractivity contribution >= 4 is 11.7 Å². The Morgan fingerprint density at radius 2 is 2.07 bits per heavy atom. The Kier molecular flexibility index (Phi) is 5.27. The van der Waals surface area contributed by atoms with Crippen LogP contribution in [-0.4, -0.2) is 49.4 Å². The van der Waals surface area contributed by atoms with Crippen molar-refractivity contribution in [2.45, 2.75) is 38.1 Å². The second-order valence-electron chi connectivity index (χ2n) is 6.91. The van der Waals surface area contributed by atoms with E-state index in [1.807, 2.05) is 17.0 Å². The van der Waals surface area contributed by atoms with Gasteiger partial charge in [-0.15, -0.1) is 5.10 Å². The molecule has 0 spiro atoms. The molecule has 8 heteroatoms. The molecule has 3 aromatic rings. The van der Waals surface area contributed by atoms with Gasteiger partial charge >= 0.3 is 0 Å². The second kappa shape index (κ2) is 8.16. The van der Waals surface area contributed by atoms with Crippen molar-refractivity contribution in [1.29, 1.82) is 0 Å². The average molecular weight is 379 g/mol. The quantitative estimate of drug-likeness (QED) is 0.633. The largest absolute Gasteiger partial charge is 0.461 e. The summed E-state index contributed by atoms with van der Waals surface area (Å²) in [5.74, 6) is 0.198. The van der Waals surface area contributed by atoms with E-state index in [0.717, 1.165) is 25.7 Å². The third kappa shape index (κ3) is 3.85. The van der Waals surface area contributed by atoms with Gasteiger partial charge in [0.15, 0.2) is 11.5 Å². The molecule has 0 unspecified atom stereocenters. The molecule has 0 aliphatic carbocycles. The lowest BCUT2D eigenvalue weighted by Crippen LogP contribution is -2.41. The number of benzene rings is 1. The Morgan fingerprint density at radius 1 is 1.14 bits per heavy atom. The SMILES string of the molecule is O=C(C[C@H]1CCCCCN1C(=O)c1cccc(-n2cnnn2)c1)c1ccco1. The van der Waals surface area contributed by atoms with E-state index in [-0.39, 0.29) is 24.2 Å². The molecule has 0 N–H and O–H groups in total. The molecule has 0 radical (unpaired) electrons. The van der Waals surface area contributed by atoms with Crippen LogP contribution in [0.1, 0.15) is 53.0 Å². The van der Waals surface area contributed by atoms with E-state index < -0.39 is 0 Å². The summed E-state index contributed by atoms with van der Waals surface area (Å²) in [5.41, 5.74) is 1.28. The Bertz CT molecular complexity index is 937. The van der Waals surface area contributed by atoms with E-state index in [1.54, 1.807) is 24.3 Å². The maximum atomic E-state index is 13.3. The van der Waals surface area contributed by atoms with Gasteiger partial charge in [0.2, 0.25) is 0 Å². The highest BCUT2D eigenvalue weighted by Crippen LogP contribution is 2.24. The number of likely N-dealkylation sites (tertiary alicyclic amines) is 1. The van der Waals surface area contributed by atoms with E-state index >= 15 is 0 Å². The molecule has 8 nitrogen and oxygen atoms in total. The van der Waals surface area contributed by atoms with Crippen LogP contribution >= 0.6 is 0 Å². The van der Waals surface area contributed by atoms with Gasteiger partial charge in [0.25, 0.3) is 5.91 Å². The molecule has 3 heterocycles. The van der Waals surface area contributed by atoms with Crippen molar-refractivity contribution in [2.75, 3.05) is 6.54 Å². The lowest BCUT2D eigenvalue weighted by Gasteiger charge is -2.29. The number of hydrogen-bond acceptors (Lipinski definition) is 6. The Morgan fingerprint density at radius 3 is 2.86 bits per heavy atom. The van der Waals surface area contributed by atoms with E-state index in [9.17, 15) is 9.59 Å². The number of hydrogen-bond donors (Lipinski definition) is 0. The third-order valence-corrected chi connectivity index (χ3v) is 5.06. The van der Waals surface area contributed by atoms with Gasteiger partial charge in [-0.3, -0.25) is 9.59 Å². The minimum atomic E-state index is -0.135. The van der Waals surface area contributed by atoms with Gasteiger partial charge in [-0.2, -0.15) is 0 Å². The average Bonchev–Trinajstić information content (AvgIpc) is 3.40. The first-order valence-corrected chi connectivity index (χ1v) is 9.43. The monoisotopic (exact) mass is 379 g/mol. The first kappa shape index (κ1) is 18.1. The van der Waals surface area contributed by atoms with Crippen LogP contribution in [0.2, 0.25) is 0 Å². The fourth-order valence-electron chi connectivity index (χ4n) is 3.64. The summed E-state index contributed by atoms with van der Waals surface area (Å²) < 4.78 is 6.74. The lowest BCUT2D eigenvalue weighted by molar-refractivity contribution is 0.0655. The number of amides is 1. The molecule has 144 valence electrons. The van der Waals surface area contributed by atoms with E-state index in [2.05, 4.69) is 15.5 Å². The number of rotatable bonds is 5. The van der Waals surface area contributed by atoms with E-state index in [0.29, 0.717) is 23.6 Å². The number of ketones is 1. The fourth-order valence-corrected chi connectivity index (χ4v) is 3.64. The summed E-state index contributed by atoms with van der Waals surface area (Å²) in [6.07, 6.45) is 7.05. The Balaban J connectivity index is 1.56. The van der Waals surface area contributed by atoms with Gasteiger partial charge < -0.3 is 9.32 Å². The molecule has 1 atom stereocenters. The molecule has 1 saturated heterocycles. The van der Waals surface area contributed by atoms with Crippen LogP contribution in [-0.2, 0) is 0 Å². The molecule has 0 saturated carbocycles. The molecule has 1 amide bonds. The standard InChI is InChI=1S/C20H21N5O3/c26-18(19-9-5-11-28-19)13-16-7-2-1-3-10-24(16)20(27)15-6-4-8-17(12-15)25-14-21-22-23-25/h4-6,8-9,11-12,14,16H,1-3,7,10,13H2/t16-/m1/s1. The molecule has 2 aromatic heterocycles. The van der Waals surface area contributed by atoms with Gasteiger partial charge in [-0.1, -0.05) is 18.9 Å². The maximum Gasteiger partial charge on any atom is 0.254 e. The van der Waals surface area contributed by atoms with Crippen LogP contribution in [0.4, 0.5) is 0 Å². The zero-order valence-electron chi connectivity index (χ0n) is 15.4. The molecule has 4 rings (SSSR count). The first-order valence-electron chi connectivity index (χ1n) is 9.43. The third-order valence-electron chi connectivity index (χ3n) is 5.06. The number of carbonyl (C=O) groups is 2. The van der Waals surface area contributed by atoms with Gasteiger partial charge in [-0.05, 0) is 53.6 Å². The van der Waals surface area contributed by atoms with Crippen LogP contribution < -0.4 is 0 Å². The normalized spacial score (nSPS) is 17.3. The van der Waals surface area contributed by atoms with Crippen LogP contribution in [0.5, 0.6) is 0 Å². The van der Waals surface area contributed by atoms with Gasteiger partial charge in [0.1, 0.15) is 6.33 Å². The fraction of sp³-hybridized carbons (Fsp3) is 0.350. The number of furan rings is 1. The highest BCUT2D eigenvalue weighted by Gasteiger charge is 2.29. The number of Topliss-reactive ketones (excluding diaryl/α,β-unsaturated/α-hetero) is 1. The summed E-state index contributed by atoms with van der Waals surface area (Å²) in [5, 5.41) is 11.1. The lowest BCUT2D eigenvalue weighted by atomic mass is 10.0. The molecular weight excluding hydrogens is 358 g/mol. The van der Waals surface area contributed by atoms with Crippen molar-refractivity contribution < 1.29 is 14.0 Å². The molecule has 1 aliphatic heterocycles. The van der Waals surface area contributed by atoms with Crippen LogP contribution in [0.3, 0.4) is 0 Å². The predicted octanol–water partition coefficient (Wildman–Crippen LogP) is 2.91. The van der Waals surface area contributed by atoms with Gasteiger partial charge in [-0.25, -0.2) is 4.68 Å². The summed E-state index contributed by atoms with van der Waals surface area (Å²) in [7, 11) is 0. The number of nitrogens with zero attached hydrogens (tertiary/aromatic N) is 5. The molecule has 1 aliphatic rings. The summed E-state index contributed by atoms with van der Waals surface area (Å²) >= 11 is 0. The van der Waals surface area contributed by atoms with E-state index in [1.165, 1.54) is 17.3 Å². The topological polar surface area (TPSA) is 94.1 Å². The van der Waals surface area contributed by atoms with Crippen molar-refractivity contribution in [3.05, 3.63) is 60.3 Å². The minimum Gasteiger partial charge on any atom is -0.461 e. The second-order valence-corrected chi connectivity index (χ2v) is 6.91. The molecule has 0 bridgehead atoms. The van der Waals surface area contributed by atoms with Gasteiger partial charge in [0, 0.05) is 24.6 Å². The van der Waals surface area contributed by atoms with E-state index in [4.69, 9.17) is 4.42 Å². The maximum absolute atomic E-state index is 13.3. The highest BCUT2D eigenvalue weighted by atomic mass is 16.3. The minimum absolute atomic E-state index is 0.0721. The zero-order chi connectivity index (χ0) is 19.3. The molecule has 1 aromatic carbocycles. The Labute approximate surface area is 162 Å². The number of aromatic nitrogens is 4. The first-order chi connectivity index (χ1) is 13.7. The van der Waals surface area contributed by atoms with Crippen molar-refractivity contribution in [1.82, 2.24) is 25.1 Å². The van der Waals surface area contributed by atoms with Crippen LogP contribution in [0, 0.1) is 0 Å². The Hall–Kier alpha value is -3.29. The van der Waals surface area contributed by atoms with Crippen LogP contribution in [0.25, 0.3) is 5.69 Å². The predicted molar refractivity (Wildman–Crippen MR) is 100 cm³/mol. The van der Waals surface area contributed by atoms with Crippen LogP contribution in [0.15, 0.2) is 53.4 Å². The highest BCUT2D eigenvalue weighted by molar-refractivity contribution is 5.97. The molecular formula is C20H21N5O3. The van der Waals surface area contributed by atoms with Crippen molar-refractivity contribution in [3.8, 4) is 5.69 Å². The van der Waals surface area contributed by atoms with Gasteiger partial charge in [0.05, 0.1) is 12.0 Å². The summed E-state index contributed by atoms with van der Waals surface area (Å²) in [4.78, 5) is 27.7. The summed E-state index contributed by atoms with van der Waals surface area (Å²) in [6, 6.07) is 10.4. The zero-order valence-corrected chi connectivity index (χ0v) is 15.4. The number of carbonyl (C=O) groups excluding carboxylic acids is 2. The van der Waals surface area contributed by atoms with Crippen molar-refractivity contribution in [3.63, 3.8) is 0 Å². The van der Waals surface area contributed by atoms with Crippen molar-refractivity contribution in [2.24, 2.45) is 0 Å². The smallest absolute Gasteiger partial charge is 0.254 e. The molecule has 28 heavy (non-hydrogen) atoms.